The molecule has 0 aromatic carbocycles. The molecule has 16 heavy (non-hydrogen) atoms. The monoisotopic (exact) mass is 220 g/mol. The van der Waals surface area contributed by atoms with E-state index in [1.807, 2.05) is 0 Å². The second-order valence-corrected chi connectivity index (χ2v) is 5.75. The fraction of sp³-hybridized carbons (Fsp3) is 0.857. The number of terminal acetylenes is 1. The van der Waals surface area contributed by atoms with Gasteiger partial charge in [-0.05, 0) is 43.9 Å². The Kier molecular flexibility index (Phi) is 3.56. The van der Waals surface area contributed by atoms with Crippen LogP contribution in [0.3, 0.4) is 0 Å². The SMILES string of the molecule is C#CCNC1(CN)CCC2(CCCC2)CC1. The smallest absolute Gasteiger partial charge is 0.0578 e. The van der Waals surface area contributed by atoms with Crippen LogP contribution in [-0.2, 0) is 0 Å². The molecular weight excluding hydrogens is 196 g/mol. The van der Waals surface area contributed by atoms with E-state index in [9.17, 15) is 0 Å². The Morgan fingerprint density at radius 1 is 1.06 bits per heavy atom. The molecule has 0 aromatic heterocycles. The van der Waals surface area contributed by atoms with Gasteiger partial charge in [-0.3, -0.25) is 5.32 Å². The number of nitrogens with two attached hydrogens (primary N) is 1. The summed E-state index contributed by atoms with van der Waals surface area (Å²) in [6.45, 7) is 1.38. The van der Waals surface area contributed by atoms with E-state index < -0.39 is 0 Å². The summed E-state index contributed by atoms with van der Waals surface area (Å²) in [5.41, 5.74) is 6.75. The third-order valence-electron chi connectivity index (χ3n) is 4.89. The highest BCUT2D eigenvalue weighted by Gasteiger charge is 2.42. The molecule has 1 spiro atoms. The molecule has 2 heteroatoms. The minimum Gasteiger partial charge on any atom is -0.329 e. The van der Waals surface area contributed by atoms with E-state index in [4.69, 9.17) is 12.2 Å². The van der Waals surface area contributed by atoms with Crippen LogP contribution in [0.4, 0.5) is 0 Å². The summed E-state index contributed by atoms with van der Waals surface area (Å²) < 4.78 is 0. The Hall–Kier alpha value is -0.520. The van der Waals surface area contributed by atoms with Crippen LogP contribution in [0.15, 0.2) is 0 Å². The molecule has 2 nitrogen and oxygen atoms in total. The molecule has 0 heterocycles. The third-order valence-corrected chi connectivity index (χ3v) is 4.89. The molecule has 2 rings (SSSR count). The minimum atomic E-state index is 0.139. The zero-order valence-corrected chi connectivity index (χ0v) is 10.2. The van der Waals surface area contributed by atoms with Crippen LogP contribution in [-0.4, -0.2) is 18.6 Å². The maximum Gasteiger partial charge on any atom is 0.0578 e. The maximum atomic E-state index is 5.94. The maximum absolute atomic E-state index is 5.94. The Morgan fingerprint density at radius 2 is 1.69 bits per heavy atom. The molecule has 0 atom stereocenters. The van der Waals surface area contributed by atoms with E-state index in [1.165, 1.54) is 51.4 Å². The van der Waals surface area contributed by atoms with E-state index in [1.54, 1.807) is 0 Å². The number of hydrogen-bond donors (Lipinski definition) is 2. The summed E-state index contributed by atoms with van der Waals surface area (Å²) in [6.07, 6.45) is 16.2. The van der Waals surface area contributed by atoms with Gasteiger partial charge in [-0.15, -0.1) is 6.42 Å². The third kappa shape index (κ3) is 2.26. The van der Waals surface area contributed by atoms with Crippen LogP contribution < -0.4 is 11.1 Å². The van der Waals surface area contributed by atoms with Crippen LogP contribution in [0.25, 0.3) is 0 Å². The lowest BCUT2D eigenvalue weighted by Gasteiger charge is -2.45. The summed E-state index contributed by atoms with van der Waals surface area (Å²) in [5, 5.41) is 3.48. The molecule has 0 unspecified atom stereocenters. The van der Waals surface area contributed by atoms with E-state index in [-0.39, 0.29) is 5.54 Å². The van der Waals surface area contributed by atoms with E-state index in [0.29, 0.717) is 12.0 Å². The quantitative estimate of drug-likeness (QED) is 0.714. The highest BCUT2D eigenvalue weighted by Crippen LogP contribution is 2.50. The van der Waals surface area contributed by atoms with Crippen molar-refractivity contribution < 1.29 is 0 Å². The van der Waals surface area contributed by atoms with Gasteiger partial charge in [-0.2, -0.15) is 0 Å². The van der Waals surface area contributed by atoms with Gasteiger partial charge in [0, 0.05) is 12.1 Å². The summed E-state index contributed by atoms with van der Waals surface area (Å²) in [7, 11) is 0. The standard InChI is InChI=1S/C14H24N2/c1-2-11-16-14(12-15)9-7-13(8-10-14)5-3-4-6-13/h1,16H,3-12,15H2. The van der Waals surface area contributed by atoms with Crippen molar-refractivity contribution in [2.45, 2.75) is 56.9 Å². The lowest BCUT2D eigenvalue weighted by molar-refractivity contribution is 0.117. The van der Waals surface area contributed by atoms with Gasteiger partial charge < -0.3 is 5.73 Å². The van der Waals surface area contributed by atoms with Crippen molar-refractivity contribution in [3.8, 4) is 12.3 Å². The first kappa shape index (κ1) is 12.0. The molecule has 0 amide bonds. The normalized spacial score (nSPS) is 26.8. The lowest BCUT2D eigenvalue weighted by Crippen LogP contribution is -2.54. The van der Waals surface area contributed by atoms with Gasteiger partial charge in [0.2, 0.25) is 0 Å². The van der Waals surface area contributed by atoms with Crippen LogP contribution in [0.2, 0.25) is 0 Å². The Balaban J connectivity index is 1.93. The molecule has 0 bridgehead atoms. The summed E-state index contributed by atoms with van der Waals surface area (Å²) in [5.74, 6) is 2.67. The Labute approximate surface area is 99.4 Å². The molecule has 3 N–H and O–H groups in total. The van der Waals surface area contributed by atoms with Crippen molar-refractivity contribution >= 4 is 0 Å². The highest BCUT2D eigenvalue weighted by atomic mass is 15.0. The number of rotatable bonds is 3. The summed E-state index contributed by atoms with van der Waals surface area (Å²) in [4.78, 5) is 0. The zero-order chi connectivity index (χ0) is 11.5. The van der Waals surface area contributed by atoms with Gasteiger partial charge in [-0.25, -0.2) is 0 Å². The molecule has 2 saturated carbocycles. The van der Waals surface area contributed by atoms with Crippen LogP contribution in [0, 0.1) is 17.8 Å². The number of hydrogen-bond acceptors (Lipinski definition) is 2. The molecule has 0 aliphatic heterocycles. The van der Waals surface area contributed by atoms with Crippen molar-refractivity contribution in [3.63, 3.8) is 0 Å². The van der Waals surface area contributed by atoms with Crippen LogP contribution in [0.1, 0.15) is 51.4 Å². The van der Waals surface area contributed by atoms with E-state index in [2.05, 4.69) is 11.2 Å². The highest BCUT2D eigenvalue weighted by molar-refractivity contribution is 5.02. The Morgan fingerprint density at radius 3 is 2.19 bits per heavy atom. The average Bonchev–Trinajstić information content (AvgIpc) is 2.78. The van der Waals surface area contributed by atoms with Gasteiger partial charge in [0.25, 0.3) is 0 Å². The van der Waals surface area contributed by atoms with Gasteiger partial charge in [-0.1, -0.05) is 18.8 Å². The first-order chi connectivity index (χ1) is 7.74. The second-order valence-electron chi connectivity index (χ2n) is 5.75. The molecule has 0 aromatic rings. The largest absolute Gasteiger partial charge is 0.329 e. The summed E-state index contributed by atoms with van der Waals surface area (Å²) >= 11 is 0. The molecule has 0 saturated heterocycles. The van der Waals surface area contributed by atoms with Crippen molar-refractivity contribution in [1.82, 2.24) is 5.32 Å². The van der Waals surface area contributed by atoms with Crippen molar-refractivity contribution in [2.24, 2.45) is 11.1 Å². The predicted molar refractivity (Wildman–Crippen MR) is 68.0 cm³/mol. The topological polar surface area (TPSA) is 38.0 Å². The van der Waals surface area contributed by atoms with Crippen molar-refractivity contribution in [3.05, 3.63) is 0 Å². The average molecular weight is 220 g/mol. The van der Waals surface area contributed by atoms with Crippen molar-refractivity contribution in [1.29, 1.82) is 0 Å². The van der Waals surface area contributed by atoms with Crippen LogP contribution >= 0.6 is 0 Å². The van der Waals surface area contributed by atoms with Gasteiger partial charge >= 0.3 is 0 Å². The van der Waals surface area contributed by atoms with E-state index >= 15 is 0 Å². The van der Waals surface area contributed by atoms with Gasteiger partial charge in [0.05, 0.1) is 6.54 Å². The molecular formula is C14H24N2. The fourth-order valence-corrected chi connectivity index (χ4v) is 3.58. The molecule has 90 valence electrons. The first-order valence-electron chi connectivity index (χ1n) is 6.63. The molecule has 2 aliphatic carbocycles. The first-order valence-corrected chi connectivity index (χ1v) is 6.63. The van der Waals surface area contributed by atoms with Gasteiger partial charge in [0.15, 0.2) is 0 Å². The van der Waals surface area contributed by atoms with Gasteiger partial charge in [0.1, 0.15) is 0 Å². The Bertz CT molecular complexity index is 261. The minimum absolute atomic E-state index is 0.139. The predicted octanol–water partition coefficient (Wildman–Crippen LogP) is 2.04. The fourth-order valence-electron chi connectivity index (χ4n) is 3.58. The number of nitrogens with one attached hydrogen (secondary N) is 1. The second kappa shape index (κ2) is 4.77. The van der Waals surface area contributed by atoms with Crippen molar-refractivity contribution in [2.75, 3.05) is 13.1 Å². The molecule has 2 fully saturated rings. The lowest BCUT2D eigenvalue weighted by atomic mass is 9.66. The summed E-state index contributed by atoms with van der Waals surface area (Å²) in [6, 6.07) is 0. The van der Waals surface area contributed by atoms with E-state index in [0.717, 1.165) is 6.54 Å². The zero-order valence-electron chi connectivity index (χ0n) is 10.2. The molecule has 2 aliphatic rings. The van der Waals surface area contributed by atoms with Crippen LogP contribution in [0.5, 0.6) is 0 Å². The molecule has 0 radical (unpaired) electrons.